The van der Waals surface area contributed by atoms with Gasteiger partial charge in [0, 0.05) is 11.9 Å². The third-order valence-corrected chi connectivity index (χ3v) is 4.11. The standard InChI is InChI=1S/C13H15N3O2S/c1-2-10-5-3-6-11(9-10)16-19(17,18)12-7-4-8-15-13(12)14/h3-9,16H,2H2,1H3,(H2,14,15). The fraction of sp³-hybridized carbons (Fsp3) is 0.154. The predicted molar refractivity (Wildman–Crippen MR) is 75.3 cm³/mol. The van der Waals surface area contributed by atoms with E-state index in [1.165, 1.54) is 18.3 Å². The lowest BCUT2D eigenvalue weighted by Crippen LogP contribution is -2.15. The number of pyridine rings is 1. The van der Waals surface area contributed by atoms with E-state index in [4.69, 9.17) is 5.73 Å². The molecule has 0 unspecified atom stereocenters. The molecule has 0 saturated carbocycles. The van der Waals surface area contributed by atoms with Crippen LogP contribution in [0.25, 0.3) is 0 Å². The van der Waals surface area contributed by atoms with Gasteiger partial charge >= 0.3 is 0 Å². The lowest BCUT2D eigenvalue weighted by molar-refractivity contribution is 0.601. The number of anilines is 2. The number of nitrogens with one attached hydrogen (secondary N) is 1. The second-order valence-electron chi connectivity index (χ2n) is 4.05. The number of aryl methyl sites for hydroxylation is 1. The SMILES string of the molecule is CCc1cccc(NS(=O)(=O)c2cccnc2N)c1. The van der Waals surface area contributed by atoms with Crippen LogP contribution >= 0.6 is 0 Å². The molecule has 3 N–H and O–H groups in total. The molecular formula is C13H15N3O2S. The Kier molecular flexibility index (Phi) is 3.71. The summed E-state index contributed by atoms with van der Waals surface area (Å²) in [5.74, 6) is -0.0124. The van der Waals surface area contributed by atoms with Gasteiger partial charge in [0.25, 0.3) is 10.0 Å². The van der Waals surface area contributed by atoms with Crippen LogP contribution in [0, 0.1) is 0 Å². The van der Waals surface area contributed by atoms with Gasteiger partial charge < -0.3 is 5.73 Å². The molecule has 0 fully saturated rings. The number of hydrogen-bond acceptors (Lipinski definition) is 4. The minimum absolute atomic E-state index is 0.0124. The Bertz CT molecular complexity index is 684. The summed E-state index contributed by atoms with van der Waals surface area (Å²) in [5.41, 5.74) is 7.16. The van der Waals surface area contributed by atoms with E-state index in [1.807, 2.05) is 19.1 Å². The van der Waals surface area contributed by atoms with Crippen molar-refractivity contribution >= 4 is 21.5 Å². The normalized spacial score (nSPS) is 11.2. The van der Waals surface area contributed by atoms with E-state index in [0.717, 1.165) is 12.0 Å². The van der Waals surface area contributed by atoms with Crippen LogP contribution in [-0.2, 0) is 16.4 Å². The molecule has 0 radical (unpaired) electrons. The van der Waals surface area contributed by atoms with Crippen LogP contribution in [0.2, 0.25) is 0 Å². The maximum atomic E-state index is 12.2. The van der Waals surface area contributed by atoms with Crippen LogP contribution in [0.4, 0.5) is 11.5 Å². The summed E-state index contributed by atoms with van der Waals surface area (Å²) in [7, 11) is -3.71. The predicted octanol–water partition coefficient (Wildman–Crippen LogP) is 2.03. The zero-order valence-electron chi connectivity index (χ0n) is 10.5. The van der Waals surface area contributed by atoms with Crippen molar-refractivity contribution in [1.82, 2.24) is 4.98 Å². The summed E-state index contributed by atoms with van der Waals surface area (Å²) in [5, 5.41) is 0. The average molecular weight is 277 g/mol. The highest BCUT2D eigenvalue weighted by Gasteiger charge is 2.17. The van der Waals surface area contributed by atoms with Gasteiger partial charge in [-0.15, -0.1) is 0 Å². The van der Waals surface area contributed by atoms with Crippen molar-refractivity contribution in [3.8, 4) is 0 Å². The zero-order chi connectivity index (χ0) is 13.9. The van der Waals surface area contributed by atoms with Crippen LogP contribution in [0.5, 0.6) is 0 Å². The average Bonchev–Trinajstić information content (AvgIpc) is 2.38. The van der Waals surface area contributed by atoms with Crippen molar-refractivity contribution in [3.63, 3.8) is 0 Å². The highest BCUT2D eigenvalue weighted by molar-refractivity contribution is 7.92. The molecule has 100 valence electrons. The van der Waals surface area contributed by atoms with Gasteiger partial charge in [-0.3, -0.25) is 4.72 Å². The molecule has 5 nitrogen and oxygen atoms in total. The first-order chi connectivity index (χ1) is 9.03. The van der Waals surface area contributed by atoms with Gasteiger partial charge in [-0.05, 0) is 36.2 Å². The van der Waals surface area contributed by atoms with Crippen molar-refractivity contribution in [3.05, 3.63) is 48.2 Å². The second kappa shape index (κ2) is 5.27. The molecule has 0 spiro atoms. The smallest absolute Gasteiger partial charge is 0.265 e. The van der Waals surface area contributed by atoms with E-state index in [1.54, 1.807) is 12.1 Å². The second-order valence-corrected chi connectivity index (χ2v) is 5.70. The first-order valence-electron chi connectivity index (χ1n) is 5.85. The Balaban J connectivity index is 2.34. The fourth-order valence-electron chi connectivity index (χ4n) is 1.69. The minimum Gasteiger partial charge on any atom is -0.383 e. The third kappa shape index (κ3) is 3.03. The number of nitrogens with zero attached hydrogens (tertiary/aromatic N) is 1. The zero-order valence-corrected chi connectivity index (χ0v) is 11.3. The Hall–Kier alpha value is -2.08. The topological polar surface area (TPSA) is 85.1 Å². The maximum Gasteiger partial charge on any atom is 0.265 e. The van der Waals surface area contributed by atoms with Crippen LogP contribution in [0.1, 0.15) is 12.5 Å². The Morgan fingerprint density at radius 2 is 2.05 bits per heavy atom. The van der Waals surface area contributed by atoms with Crippen molar-refractivity contribution in [1.29, 1.82) is 0 Å². The van der Waals surface area contributed by atoms with E-state index in [0.29, 0.717) is 5.69 Å². The van der Waals surface area contributed by atoms with E-state index in [-0.39, 0.29) is 10.7 Å². The number of rotatable bonds is 4. The molecule has 0 amide bonds. The van der Waals surface area contributed by atoms with Crippen molar-refractivity contribution in [2.45, 2.75) is 18.2 Å². The third-order valence-electron chi connectivity index (χ3n) is 2.68. The fourth-order valence-corrected chi connectivity index (χ4v) is 2.83. The molecule has 0 aliphatic carbocycles. The maximum absolute atomic E-state index is 12.2. The molecule has 0 saturated heterocycles. The Morgan fingerprint density at radius 1 is 1.26 bits per heavy atom. The highest BCUT2D eigenvalue weighted by Crippen LogP contribution is 2.20. The molecule has 1 aromatic heterocycles. The number of sulfonamides is 1. The molecule has 1 aromatic carbocycles. The van der Waals surface area contributed by atoms with E-state index < -0.39 is 10.0 Å². The van der Waals surface area contributed by atoms with Crippen molar-refractivity contribution < 1.29 is 8.42 Å². The number of nitrogens with two attached hydrogens (primary N) is 1. The summed E-state index contributed by atoms with van der Waals surface area (Å²) in [6.07, 6.45) is 2.29. The molecule has 0 aliphatic heterocycles. The van der Waals surface area contributed by atoms with E-state index in [2.05, 4.69) is 9.71 Å². The molecule has 0 bridgehead atoms. The van der Waals surface area contributed by atoms with Crippen LogP contribution < -0.4 is 10.5 Å². The summed E-state index contributed by atoms with van der Waals surface area (Å²) in [6, 6.07) is 10.2. The summed E-state index contributed by atoms with van der Waals surface area (Å²) < 4.78 is 26.9. The largest absolute Gasteiger partial charge is 0.383 e. The monoisotopic (exact) mass is 277 g/mol. The highest BCUT2D eigenvalue weighted by atomic mass is 32.2. The minimum atomic E-state index is -3.71. The number of nitrogen functional groups attached to an aromatic ring is 1. The summed E-state index contributed by atoms with van der Waals surface area (Å²) in [6.45, 7) is 2.01. The quantitative estimate of drug-likeness (QED) is 0.895. The first kappa shape index (κ1) is 13.4. The molecular weight excluding hydrogens is 262 g/mol. The Labute approximate surface area is 112 Å². The van der Waals surface area contributed by atoms with Crippen LogP contribution in [0.15, 0.2) is 47.5 Å². The Morgan fingerprint density at radius 3 is 2.74 bits per heavy atom. The van der Waals surface area contributed by atoms with Crippen LogP contribution in [0.3, 0.4) is 0 Å². The molecule has 0 atom stereocenters. The van der Waals surface area contributed by atoms with Gasteiger partial charge in [0.05, 0.1) is 0 Å². The van der Waals surface area contributed by atoms with Gasteiger partial charge in [-0.1, -0.05) is 19.1 Å². The molecule has 19 heavy (non-hydrogen) atoms. The first-order valence-corrected chi connectivity index (χ1v) is 7.33. The molecule has 2 rings (SSSR count). The molecule has 1 heterocycles. The van der Waals surface area contributed by atoms with Gasteiger partial charge in [-0.2, -0.15) is 0 Å². The summed E-state index contributed by atoms with van der Waals surface area (Å²) >= 11 is 0. The molecule has 0 aliphatic rings. The molecule has 2 aromatic rings. The van der Waals surface area contributed by atoms with Gasteiger partial charge in [0.2, 0.25) is 0 Å². The number of hydrogen-bond donors (Lipinski definition) is 2. The number of benzene rings is 1. The van der Waals surface area contributed by atoms with Crippen molar-refractivity contribution in [2.24, 2.45) is 0 Å². The lowest BCUT2D eigenvalue weighted by Gasteiger charge is -2.10. The number of aromatic nitrogens is 1. The van der Waals surface area contributed by atoms with Gasteiger partial charge in [-0.25, -0.2) is 13.4 Å². The van der Waals surface area contributed by atoms with Crippen molar-refractivity contribution in [2.75, 3.05) is 10.5 Å². The van der Waals surface area contributed by atoms with E-state index >= 15 is 0 Å². The molecule has 6 heteroatoms. The lowest BCUT2D eigenvalue weighted by atomic mass is 10.1. The van der Waals surface area contributed by atoms with Gasteiger partial charge in [0.1, 0.15) is 10.7 Å². The van der Waals surface area contributed by atoms with Gasteiger partial charge in [0.15, 0.2) is 0 Å². The van der Waals surface area contributed by atoms with E-state index in [9.17, 15) is 8.42 Å². The van der Waals surface area contributed by atoms with Crippen LogP contribution in [-0.4, -0.2) is 13.4 Å². The summed E-state index contributed by atoms with van der Waals surface area (Å²) in [4.78, 5) is 3.76.